The van der Waals surface area contributed by atoms with Gasteiger partial charge in [-0.1, -0.05) is 13.0 Å². The van der Waals surface area contributed by atoms with Crippen LogP contribution in [0.15, 0.2) is 24.4 Å². The standard InChI is InChI=1S/C15H19N3OS/c1-11-4-7-18(10-11)8-6-16-14(19)13-9-12-3-2-5-17-15(12)20-13/h2-3,5,9,11H,4,6-8,10H2,1H3,(H,16,19). The van der Waals surface area contributed by atoms with Crippen molar-refractivity contribution in [2.24, 2.45) is 5.92 Å². The third kappa shape index (κ3) is 2.99. The van der Waals surface area contributed by atoms with Crippen LogP contribution in [0.2, 0.25) is 0 Å². The van der Waals surface area contributed by atoms with Crippen molar-refractivity contribution in [1.29, 1.82) is 0 Å². The van der Waals surface area contributed by atoms with Crippen molar-refractivity contribution < 1.29 is 4.79 Å². The lowest BCUT2D eigenvalue weighted by atomic mass is 10.2. The molecule has 1 N–H and O–H groups in total. The molecule has 3 heterocycles. The van der Waals surface area contributed by atoms with Gasteiger partial charge in [0, 0.05) is 31.2 Å². The summed E-state index contributed by atoms with van der Waals surface area (Å²) in [6.07, 6.45) is 3.03. The van der Waals surface area contributed by atoms with Gasteiger partial charge in [0.1, 0.15) is 4.83 Å². The van der Waals surface area contributed by atoms with Crippen molar-refractivity contribution >= 4 is 27.5 Å². The highest BCUT2D eigenvalue weighted by atomic mass is 32.1. The maximum absolute atomic E-state index is 12.1. The Morgan fingerprint density at radius 1 is 1.60 bits per heavy atom. The van der Waals surface area contributed by atoms with Gasteiger partial charge < -0.3 is 10.2 Å². The number of pyridine rings is 1. The molecule has 1 atom stereocenters. The first-order chi connectivity index (χ1) is 9.72. The maximum Gasteiger partial charge on any atom is 0.261 e. The second kappa shape index (κ2) is 5.89. The van der Waals surface area contributed by atoms with Crippen LogP contribution in [0.1, 0.15) is 23.0 Å². The van der Waals surface area contributed by atoms with Crippen molar-refractivity contribution in [3.05, 3.63) is 29.3 Å². The van der Waals surface area contributed by atoms with E-state index in [9.17, 15) is 4.79 Å². The molecule has 5 heteroatoms. The van der Waals surface area contributed by atoms with E-state index < -0.39 is 0 Å². The highest BCUT2D eigenvalue weighted by molar-refractivity contribution is 7.20. The minimum atomic E-state index is 0.0141. The molecule has 0 aliphatic carbocycles. The number of aromatic nitrogens is 1. The second-order valence-corrected chi connectivity index (χ2v) is 6.49. The summed E-state index contributed by atoms with van der Waals surface area (Å²) in [6, 6.07) is 5.80. The summed E-state index contributed by atoms with van der Waals surface area (Å²) < 4.78 is 0. The highest BCUT2D eigenvalue weighted by Gasteiger charge is 2.18. The van der Waals surface area contributed by atoms with E-state index in [1.807, 2.05) is 18.2 Å². The molecular formula is C15H19N3OS. The Labute approximate surface area is 122 Å². The molecule has 20 heavy (non-hydrogen) atoms. The van der Waals surface area contributed by atoms with Crippen LogP contribution < -0.4 is 5.32 Å². The Morgan fingerprint density at radius 3 is 3.25 bits per heavy atom. The number of hydrogen-bond acceptors (Lipinski definition) is 4. The molecule has 0 saturated carbocycles. The molecule has 1 fully saturated rings. The zero-order chi connectivity index (χ0) is 13.9. The van der Waals surface area contributed by atoms with Crippen LogP contribution in [-0.2, 0) is 0 Å². The Kier molecular flexibility index (Phi) is 3.98. The number of thiophene rings is 1. The van der Waals surface area contributed by atoms with E-state index in [2.05, 4.69) is 22.1 Å². The SMILES string of the molecule is CC1CCN(CCNC(=O)c2cc3cccnc3s2)C1. The summed E-state index contributed by atoms with van der Waals surface area (Å²) in [5.41, 5.74) is 0. The molecule has 0 bridgehead atoms. The summed E-state index contributed by atoms with van der Waals surface area (Å²) in [5, 5.41) is 4.04. The van der Waals surface area contributed by atoms with E-state index in [1.165, 1.54) is 17.8 Å². The van der Waals surface area contributed by atoms with Crippen LogP contribution in [0, 0.1) is 5.92 Å². The van der Waals surface area contributed by atoms with Gasteiger partial charge in [-0.3, -0.25) is 4.79 Å². The van der Waals surface area contributed by atoms with Crippen molar-refractivity contribution in [3.63, 3.8) is 0 Å². The van der Waals surface area contributed by atoms with Crippen molar-refractivity contribution in [2.45, 2.75) is 13.3 Å². The lowest BCUT2D eigenvalue weighted by Crippen LogP contribution is -2.33. The number of fused-ring (bicyclic) bond motifs is 1. The molecule has 0 radical (unpaired) electrons. The third-order valence-electron chi connectivity index (χ3n) is 3.74. The van der Waals surface area contributed by atoms with Gasteiger partial charge in [0.15, 0.2) is 0 Å². The smallest absolute Gasteiger partial charge is 0.261 e. The van der Waals surface area contributed by atoms with Gasteiger partial charge in [-0.25, -0.2) is 4.98 Å². The zero-order valence-electron chi connectivity index (χ0n) is 11.6. The molecular weight excluding hydrogens is 270 g/mol. The summed E-state index contributed by atoms with van der Waals surface area (Å²) in [4.78, 5) is 20.5. The average Bonchev–Trinajstić information content (AvgIpc) is 3.04. The minimum absolute atomic E-state index is 0.0141. The van der Waals surface area contributed by atoms with Gasteiger partial charge in [0.2, 0.25) is 0 Å². The Hall–Kier alpha value is -1.46. The topological polar surface area (TPSA) is 45.2 Å². The third-order valence-corrected chi connectivity index (χ3v) is 4.80. The minimum Gasteiger partial charge on any atom is -0.350 e. The molecule has 0 aromatic carbocycles. The lowest BCUT2D eigenvalue weighted by Gasteiger charge is -2.15. The first-order valence-corrected chi connectivity index (χ1v) is 7.89. The quantitative estimate of drug-likeness (QED) is 0.940. The highest BCUT2D eigenvalue weighted by Crippen LogP contribution is 2.23. The number of nitrogens with one attached hydrogen (secondary N) is 1. The number of hydrogen-bond donors (Lipinski definition) is 1. The summed E-state index contributed by atoms with van der Waals surface area (Å²) in [5.74, 6) is 0.805. The molecule has 0 spiro atoms. The van der Waals surface area contributed by atoms with E-state index in [0.717, 1.165) is 40.6 Å². The predicted molar refractivity (Wildman–Crippen MR) is 82.2 cm³/mol. The predicted octanol–water partition coefficient (Wildman–Crippen LogP) is 2.37. The molecule has 3 rings (SSSR count). The van der Waals surface area contributed by atoms with E-state index in [4.69, 9.17) is 0 Å². The van der Waals surface area contributed by atoms with Crippen LogP contribution in [-0.4, -0.2) is 42.0 Å². The summed E-state index contributed by atoms with van der Waals surface area (Å²) in [6.45, 7) is 6.25. The van der Waals surface area contributed by atoms with E-state index in [-0.39, 0.29) is 5.91 Å². The van der Waals surface area contributed by atoms with Crippen LogP contribution in [0.3, 0.4) is 0 Å². The molecule has 106 valence electrons. The fourth-order valence-corrected chi connectivity index (χ4v) is 3.55. The molecule has 1 saturated heterocycles. The number of rotatable bonds is 4. The van der Waals surface area contributed by atoms with Gasteiger partial charge in [-0.2, -0.15) is 0 Å². The first-order valence-electron chi connectivity index (χ1n) is 7.07. The van der Waals surface area contributed by atoms with Crippen LogP contribution in [0.4, 0.5) is 0 Å². The van der Waals surface area contributed by atoms with Gasteiger partial charge >= 0.3 is 0 Å². The van der Waals surface area contributed by atoms with E-state index in [1.54, 1.807) is 6.20 Å². The normalized spacial score (nSPS) is 19.6. The second-order valence-electron chi connectivity index (χ2n) is 5.46. The van der Waals surface area contributed by atoms with Gasteiger partial charge in [0.25, 0.3) is 5.91 Å². The lowest BCUT2D eigenvalue weighted by molar-refractivity contribution is 0.0954. The number of carbonyl (C=O) groups is 1. The molecule has 4 nitrogen and oxygen atoms in total. The first kappa shape index (κ1) is 13.5. The average molecular weight is 289 g/mol. The molecule has 1 unspecified atom stereocenters. The van der Waals surface area contributed by atoms with Crippen molar-refractivity contribution in [2.75, 3.05) is 26.2 Å². The molecule has 1 aliphatic heterocycles. The zero-order valence-corrected chi connectivity index (χ0v) is 12.4. The number of amides is 1. The van der Waals surface area contributed by atoms with E-state index >= 15 is 0 Å². The van der Waals surface area contributed by atoms with Crippen molar-refractivity contribution in [1.82, 2.24) is 15.2 Å². The summed E-state index contributed by atoms with van der Waals surface area (Å²) >= 11 is 1.45. The maximum atomic E-state index is 12.1. The Balaban J connectivity index is 1.53. The Morgan fingerprint density at radius 2 is 2.50 bits per heavy atom. The molecule has 1 amide bonds. The molecule has 1 aliphatic rings. The van der Waals surface area contributed by atoms with Crippen LogP contribution in [0.25, 0.3) is 10.2 Å². The monoisotopic (exact) mass is 289 g/mol. The van der Waals surface area contributed by atoms with Gasteiger partial charge in [0.05, 0.1) is 4.88 Å². The largest absolute Gasteiger partial charge is 0.350 e. The fourth-order valence-electron chi connectivity index (χ4n) is 2.63. The van der Waals surface area contributed by atoms with Crippen LogP contribution >= 0.6 is 11.3 Å². The van der Waals surface area contributed by atoms with Crippen molar-refractivity contribution in [3.8, 4) is 0 Å². The number of carbonyl (C=O) groups excluding carboxylic acids is 1. The van der Waals surface area contributed by atoms with E-state index in [0.29, 0.717) is 6.54 Å². The fraction of sp³-hybridized carbons (Fsp3) is 0.467. The number of nitrogens with zero attached hydrogens (tertiary/aromatic N) is 2. The number of likely N-dealkylation sites (tertiary alicyclic amines) is 1. The molecule has 2 aromatic heterocycles. The van der Waals surface area contributed by atoms with Gasteiger partial charge in [-0.05, 0) is 31.0 Å². The summed E-state index contributed by atoms with van der Waals surface area (Å²) in [7, 11) is 0. The van der Waals surface area contributed by atoms with Gasteiger partial charge in [-0.15, -0.1) is 11.3 Å². The Bertz CT molecular complexity index is 577. The molecule has 2 aromatic rings. The van der Waals surface area contributed by atoms with Crippen LogP contribution in [0.5, 0.6) is 0 Å².